The molecule has 0 saturated heterocycles. The molecule has 0 spiro atoms. The molecule has 0 aliphatic rings. The zero-order valence-corrected chi connectivity index (χ0v) is 9.59. The first-order valence-electron chi connectivity index (χ1n) is 5.13. The second kappa shape index (κ2) is 7.00. The lowest BCUT2D eigenvalue weighted by Crippen LogP contribution is -2.27. The van der Waals surface area contributed by atoms with E-state index in [4.69, 9.17) is 11.7 Å². The minimum absolute atomic E-state index is 0.376. The van der Waals surface area contributed by atoms with Gasteiger partial charge in [0, 0.05) is 12.2 Å². The number of amides is 2. The van der Waals surface area contributed by atoms with E-state index in [2.05, 4.69) is 0 Å². The Labute approximate surface area is 104 Å². The Bertz CT molecular complexity index is 432. The molecule has 0 aromatic heterocycles. The third-order valence-corrected chi connectivity index (χ3v) is 2.08. The van der Waals surface area contributed by atoms with E-state index >= 15 is 0 Å². The summed E-state index contributed by atoms with van der Waals surface area (Å²) in [6, 6.07) is 7.22. The second-order valence-corrected chi connectivity index (χ2v) is 3.35. The summed E-state index contributed by atoms with van der Waals surface area (Å²) in [5.41, 5.74) is 5.68. The van der Waals surface area contributed by atoms with Crippen molar-refractivity contribution in [2.24, 2.45) is 11.7 Å². The predicted molar refractivity (Wildman–Crippen MR) is 69.2 cm³/mol. The summed E-state index contributed by atoms with van der Waals surface area (Å²) < 4.78 is 0. The SMILES string of the molecule is NNC(=O)C=Cc1ccc(C=CC(=O)NN)cc1. The van der Waals surface area contributed by atoms with Crippen LogP contribution in [0.1, 0.15) is 11.1 Å². The maximum absolute atomic E-state index is 10.9. The number of hydrogen-bond acceptors (Lipinski definition) is 4. The van der Waals surface area contributed by atoms with Gasteiger partial charge < -0.3 is 0 Å². The number of carbonyl (C=O) groups is 2. The van der Waals surface area contributed by atoms with E-state index in [-0.39, 0.29) is 11.8 Å². The molecule has 6 N–H and O–H groups in total. The first-order valence-corrected chi connectivity index (χ1v) is 5.13. The molecular weight excluding hydrogens is 232 g/mol. The summed E-state index contributed by atoms with van der Waals surface area (Å²) in [4.78, 5) is 21.7. The minimum Gasteiger partial charge on any atom is -0.291 e. The topological polar surface area (TPSA) is 110 Å². The molecule has 94 valence electrons. The van der Waals surface area contributed by atoms with Crippen LogP contribution in [0.4, 0.5) is 0 Å². The Balaban J connectivity index is 2.68. The van der Waals surface area contributed by atoms with E-state index in [1.807, 2.05) is 10.9 Å². The van der Waals surface area contributed by atoms with E-state index in [1.54, 1.807) is 36.4 Å². The van der Waals surface area contributed by atoms with Crippen molar-refractivity contribution < 1.29 is 9.59 Å². The molecule has 0 fully saturated rings. The smallest absolute Gasteiger partial charge is 0.257 e. The van der Waals surface area contributed by atoms with Gasteiger partial charge in [-0.05, 0) is 23.3 Å². The van der Waals surface area contributed by atoms with Crippen molar-refractivity contribution in [1.29, 1.82) is 0 Å². The van der Waals surface area contributed by atoms with Gasteiger partial charge in [0.25, 0.3) is 11.8 Å². The molecule has 0 unspecified atom stereocenters. The Kier molecular flexibility index (Phi) is 5.30. The van der Waals surface area contributed by atoms with Crippen LogP contribution in [0.25, 0.3) is 12.2 Å². The molecule has 6 nitrogen and oxygen atoms in total. The zero-order valence-electron chi connectivity index (χ0n) is 9.59. The monoisotopic (exact) mass is 246 g/mol. The van der Waals surface area contributed by atoms with E-state index in [9.17, 15) is 9.59 Å². The first-order chi connectivity index (χ1) is 8.65. The molecule has 1 aromatic carbocycles. The molecule has 2 amide bonds. The van der Waals surface area contributed by atoms with Crippen LogP contribution < -0.4 is 22.5 Å². The fraction of sp³-hybridized carbons (Fsp3) is 0. The molecule has 6 heteroatoms. The number of nitrogens with one attached hydrogen (secondary N) is 2. The van der Waals surface area contributed by atoms with Crippen LogP contribution in [0.2, 0.25) is 0 Å². The number of nitrogens with two attached hydrogens (primary N) is 2. The predicted octanol–water partition coefficient (Wildman–Crippen LogP) is -0.307. The number of rotatable bonds is 4. The van der Waals surface area contributed by atoms with Gasteiger partial charge in [-0.2, -0.15) is 0 Å². The van der Waals surface area contributed by atoms with E-state index < -0.39 is 0 Å². The molecule has 0 aliphatic carbocycles. The average Bonchev–Trinajstić information content (AvgIpc) is 2.43. The highest BCUT2D eigenvalue weighted by atomic mass is 16.2. The summed E-state index contributed by atoms with van der Waals surface area (Å²) in [6.45, 7) is 0. The molecular formula is C12H14N4O2. The number of benzene rings is 1. The Morgan fingerprint density at radius 3 is 1.44 bits per heavy atom. The van der Waals surface area contributed by atoms with Crippen molar-refractivity contribution in [3.8, 4) is 0 Å². The standard InChI is InChI=1S/C12H14N4O2/c13-15-11(17)7-5-9-1-2-10(4-3-9)6-8-12(18)16-14/h1-8H,13-14H2,(H,15,17)(H,16,18). The van der Waals surface area contributed by atoms with Gasteiger partial charge in [-0.1, -0.05) is 24.3 Å². The molecule has 1 aromatic rings. The lowest BCUT2D eigenvalue weighted by atomic mass is 10.1. The summed E-state index contributed by atoms with van der Waals surface area (Å²) >= 11 is 0. The molecule has 0 aliphatic heterocycles. The highest BCUT2D eigenvalue weighted by Crippen LogP contribution is 2.07. The van der Waals surface area contributed by atoms with Gasteiger partial charge >= 0.3 is 0 Å². The lowest BCUT2D eigenvalue weighted by molar-refractivity contribution is -0.117. The number of carbonyl (C=O) groups excluding carboxylic acids is 2. The van der Waals surface area contributed by atoms with Crippen LogP contribution in [0.3, 0.4) is 0 Å². The highest BCUT2D eigenvalue weighted by molar-refractivity contribution is 5.92. The van der Waals surface area contributed by atoms with Crippen molar-refractivity contribution in [3.63, 3.8) is 0 Å². The van der Waals surface area contributed by atoms with E-state index in [1.165, 1.54) is 12.2 Å². The van der Waals surface area contributed by atoms with Gasteiger partial charge in [-0.3, -0.25) is 20.4 Å². The summed E-state index contributed by atoms with van der Waals surface area (Å²) in [6.07, 6.45) is 5.91. The third-order valence-electron chi connectivity index (χ3n) is 2.08. The largest absolute Gasteiger partial charge is 0.291 e. The molecule has 0 saturated carbocycles. The van der Waals surface area contributed by atoms with Gasteiger partial charge in [0.2, 0.25) is 0 Å². The second-order valence-electron chi connectivity index (χ2n) is 3.35. The van der Waals surface area contributed by atoms with E-state index in [0.29, 0.717) is 0 Å². The Hall–Kier alpha value is -2.44. The number of hydrazine groups is 2. The first kappa shape index (κ1) is 13.6. The van der Waals surface area contributed by atoms with Gasteiger partial charge in [0.15, 0.2) is 0 Å². The molecule has 0 radical (unpaired) electrons. The van der Waals surface area contributed by atoms with Crippen LogP contribution in [0, 0.1) is 0 Å². The van der Waals surface area contributed by atoms with Gasteiger partial charge in [0.1, 0.15) is 0 Å². The summed E-state index contributed by atoms with van der Waals surface area (Å²) in [5.74, 6) is 9.11. The molecule has 18 heavy (non-hydrogen) atoms. The molecule has 0 heterocycles. The molecule has 0 bridgehead atoms. The third kappa shape index (κ3) is 4.60. The Morgan fingerprint density at radius 2 is 1.17 bits per heavy atom. The van der Waals surface area contributed by atoms with Crippen LogP contribution in [-0.2, 0) is 9.59 Å². The zero-order chi connectivity index (χ0) is 13.4. The Morgan fingerprint density at radius 1 is 0.833 bits per heavy atom. The maximum atomic E-state index is 10.9. The van der Waals surface area contributed by atoms with E-state index in [0.717, 1.165) is 11.1 Å². The normalized spacial score (nSPS) is 10.8. The van der Waals surface area contributed by atoms with Crippen molar-refractivity contribution in [3.05, 3.63) is 47.5 Å². The van der Waals surface area contributed by atoms with Crippen LogP contribution >= 0.6 is 0 Å². The van der Waals surface area contributed by atoms with Gasteiger partial charge in [-0.25, -0.2) is 11.7 Å². The van der Waals surface area contributed by atoms with Crippen LogP contribution in [-0.4, -0.2) is 11.8 Å². The summed E-state index contributed by atoms with van der Waals surface area (Å²) in [5, 5.41) is 0. The lowest BCUT2D eigenvalue weighted by Gasteiger charge is -1.96. The molecule has 1 rings (SSSR count). The average molecular weight is 246 g/mol. The van der Waals surface area contributed by atoms with Crippen LogP contribution in [0.5, 0.6) is 0 Å². The van der Waals surface area contributed by atoms with Crippen molar-refractivity contribution in [1.82, 2.24) is 10.9 Å². The van der Waals surface area contributed by atoms with Crippen molar-refractivity contribution in [2.75, 3.05) is 0 Å². The van der Waals surface area contributed by atoms with Gasteiger partial charge in [0.05, 0.1) is 0 Å². The van der Waals surface area contributed by atoms with Gasteiger partial charge in [-0.15, -0.1) is 0 Å². The summed E-state index contributed by atoms with van der Waals surface area (Å²) in [7, 11) is 0. The fourth-order valence-corrected chi connectivity index (χ4v) is 1.16. The minimum atomic E-state index is -0.376. The van der Waals surface area contributed by atoms with Crippen molar-refractivity contribution >= 4 is 24.0 Å². The number of hydrogen-bond donors (Lipinski definition) is 4. The van der Waals surface area contributed by atoms with Crippen LogP contribution in [0.15, 0.2) is 36.4 Å². The maximum Gasteiger partial charge on any atom is 0.257 e. The fourth-order valence-electron chi connectivity index (χ4n) is 1.16. The quantitative estimate of drug-likeness (QED) is 0.253. The molecule has 0 atom stereocenters. The highest BCUT2D eigenvalue weighted by Gasteiger charge is 1.93. The van der Waals surface area contributed by atoms with Crippen molar-refractivity contribution in [2.45, 2.75) is 0 Å².